The maximum Gasteiger partial charge on any atom is 0.340 e. The predicted molar refractivity (Wildman–Crippen MR) is 72.1 cm³/mol. The van der Waals surface area contributed by atoms with Gasteiger partial charge in [0, 0.05) is 23.6 Å². The number of nitro benzene ring substituents is 1. The lowest BCUT2D eigenvalue weighted by molar-refractivity contribution is -0.599. The molecule has 0 fully saturated rings. The second-order valence-electron chi connectivity index (χ2n) is 4.23. The van der Waals surface area contributed by atoms with Crippen LogP contribution in [0.4, 0.5) is 5.69 Å². The lowest BCUT2D eigenvalue weighted by atomic mass is 10.2. The summed E-state index contributed by atoms with van der Waals surface area (Å²) >= 11 is 0. The van der Waals surface area contributed by atoms with Gasteiger partial charge in [0.15, 0.2) is 12.4 Å². The highest BCUT2D eigenvalue weighted by Gasteiger charge is 2.20. The quantitative estimate of drug-likeness (QED) is 0.399. The summed E-state index contributed by atoms with van der Waals surface area (Å²) in [7, 11) is 0. The van der Waals surface area contributed by atoms with Crippen LogP contribution in [0.25, 0.3) is 16.5 Å². The molecule has 4 nitrogen and oxygen atoms in total. The van der Waals surface area contributed by atoms with Gasteiger partial charge in [-0.2, -0.15) is 4.57 Å². The maximum absolute atomic E-state index is 11.1. The molecule has 0 radical (unpaired) electrons. The second kappa shape index (κ2) is 4.49. The number of benzene rings is 2. The van der Waals surface area contributed by atoms with E-state index in [1.54, 1.807) is 22.8 Å². The summed E-state index contributed by atoms with van der Waals surface area (Å²) in [5.41, 5.74) is 0.668. The van der Waals surface area contributed by atoms with Crippen LogP contribution in [0, 0.1) is 10.1 Å². The molecular weight excluding hydrogens is 240 g/mol. The van der Waals surface area contributed by atoms with Crippen LogP contribution < -0.4 is 4.57 Å². The van der Waals surface area contributed by atoms with Crippen molar-refractivity contribution in [2.45, 2.75) is 0 Å². The average molecular weight is 251 g/mol. The zero-order valence-corrected chi connectivity index (χ0v) is 10.1. The molecule has 0 spiro atoms. The van der Waals surface area contributed by atoms with Crippen molar-refractivity contribution >= 4 is 16.5 Å². The minimum absolute atomic E-state index is 0.0998. The van der Waals surface area contributed by atoms with Gasteiger partial charge in [-0.15, -0.1) is 0 Å². The Hall–Kier alpha value is -2.75. The van der Waals surface area contributed by atoms with Crippen LogP contribution in [0.15, 0.2) is 67.0 Å². The van der Waals surface area contributed by atoms with Crippen molar-refractivity contribution < 1.29 is 9.49 Å². The summed E-state index contributed by atoms with van der Waals surface area (Å²) < 4.78 is 1.78. The van der Waals surface area contributed by atoms with E-state index in [-0.39, 0.29) is 10.6 Å². The fraction of sp³-hybridized carbons (Fsp3) is 0. The molecule has 0 aliphatic carbocycles. The van der Waals surface area contributed by atoms with Gasteiger partial charge in [0.25, 0.3) is 5.69 Å². The third kappa shape index (κ3) is 2.04. The van der Waals surface area contributed by atoms with Crippen LogP contribution >= 0.6 is 0 Å². The first kappa shape index (κ1) is 11.3. The first-order chi connectivity index (χ1) is 9.25. The molecule has 0 aliphatic heterocycles. The lowest BCUT2D eigenvalue weighted by Gasteiger charge is -1.99. The number of hydrogen-bond donors (Lipinski definition) is 0. The molecule has 19 heavy (non-hydrogen) atoms. The first-order valence-electron chi connectivity index (χ1n) is 5.89. The van der Waals surface area contributed by atoms with Gasteiger partial charge in [0.1, 0.15) is 0 Å². The first-order valence-corrected chi connectivity index (χ1v) is 5.89. The van der Waals surface area contributed by atoms with Crippen molar-refractivity contribution in [3.63, 3.8) is 0 Å². The van der Waals surface area contributed by atoms with Gasteiger partial charge < -0.3 is 0 Å². The normalized spacial score (nSPS) is 10.5. The Labute approximate surface area is 109 Å². The van der Waals surface area contributed by atoms with E-state index in [0.29, 0.717) is 5.69 Å². The van der Waals surface area contributed by atoms with E-state index < -0.39 is 0 Å². The fourth-order valence-electron chi connectivity index (χ4n) is 2.12. The number of nitro groups is 1. The number of aromatic nitrogens is 1. The molecule has 0 amide bonds. The van der Waals surface area contributed by atoms with Crippen LogP contribution in [0.5, 0.6) is 0 Å². The van der Waals surface area contributed by atoms with Gasteiger partial charge in [0.05, 0.1) is 4.92 Å². The molecule has 1 heterocycles. The Balaban J connectivity index is 2.22. The summed E-state index contributed by atoms with van der Waals surface area (Å²) in [6.07, 6.45) is 3.74. The largest absolute Gasteiger partial charge is 0.340 e. The second-order valence-corrected chi connectivity index (χ2v) is 4.23. The van der Waals surface area contributed by atoms with Gasteiger partial charge in [0.2, 0.25) is 0 Å². The van der Waals surface area contributed by atoms with Crippen molar-refractivity contribution in [2.24, 2.45) is 0 Å². The number of rotatable bonds is 2. The van der Waals surface area contributed by atoms with Crippen molar-refractivity contribution in [1.29, 1.82) is 0 Å². The summed E-state index contributed by atoms with van der Waals surface area (Å²) in [5, 5.41) is 13.2. The fourth-order valence-corrected chi connectivity index (χ4v) is 2.12. The molecular formula is C15H11N2O2+. The highest BCUT2D eigenvalue weighted by Crippen LogP contribution is 2.18. The third-order valence-electron chi connectivity index (χ3n) is 3.05. The Morgan fingerprint density at radius 1 is 0.895 bits per heavy atom. The van der Waals surface area contributed by atoms with E-state index in [2.05, 4.69) is 0 Å². The van der Waals surface area contributed by atoms with Crippen LogP contribution in [0.3, 0.4) is 0 Å². The Bertz CT molecular complexity index is 769. The van der Waals surface area contributed by atoms with Crippen LogP contribution in [-0.4, -0.2) is 4.92 Å². The smallest absolute Gasteiger partial charge is 0.258 e. The molecule has 0 saturated heterocycles. The van der Waals surface area contributed by atoms with Gasteiger partial charge in [-0.25, -0.2) is 0 Å². The molecule has 0 atom stereocenters. The molecule has 0 saturated carbocycles. The van der Waals surface area contributed by atoms with Gasteiger partial charge >= 0.3 is 5.69 Å². The monoisotopic (exact) mass is 251 g/mol. The zero-order valence-electron chi connectivity index (χ0n) is 10.1. The van der Waals surface area contributed by atoms with E-state index in [4.69, 9.17) is 0 Å². The minimum atomic E-state index is -0.364. The van der Waals surface area contributed by atoms with E-state index in [0.717, 1.165) is 10.8 Å². The van der Waals surface area contributed by atoms with E-state index in [1.807, 2.05) is 42.7 Å². The SMILES string of the molecule is O=[N+]([O-])c1ccccc1-[n+]1ccc2ccccc2c1. The van der Waals surface area contributed by atoms with Crippen molar-refractivity contribution in [1.82, 2.24) is 0 Å². The van der Waals surface area contributed by atoms with Crippen molar-refractivity contribution in [2.75, 3.05) is 0 Å². The number of para-hydroxylation sites is 2. The molecule has 3 aromatic rings. The summed E-state index contributed by atoms with van der Waals surface area (Å²) in [6, 6.07) is 16.6. The standard InChI is InChI=1S/C15H11N2O2/c18-17(19)15-8-4-3-7-14(15)16-10-9-12-5-1-2-6-13(12)11-16/h1-11H/q+1. The van der Waals surface area contributed by atoms with Gasteiger partial charge in [-0.3, -0.25) is 10.1 Å². The van der Waals surface area contributed by atoms with Gasteiger partial charge in [-0.05, 0) is 11.5 Å². The number of nitrogens with zero attached hydrogens (tertiary/aromatic N) is 2. The Morgan fingerprint density at radius 2 is 1.58 bits per heavy atom. The molecule has 4 heteroatoms. The molecule has 0 N–H and O–H groups in total. The average Bonchev–Trinajstić information content (AvgIpc) is 2.46. The van der Waals surface area contributed by atoms with Crippen LogP contribution in [0.1, 0.15) is 0 Å². The minimum Gasteiger partial charge on any atom is -0.258 e. The maximum atomic E-state index is 11.1. The number of fused-ring (bicyclic) bond motifs is 1. The Kier molecular flexibility index (Phi) is 2.68. The Morgan fingerprint density at radius 3 is 2.37 bits per heavy atom. The zero-order chi connectivity index (χ0) is 13.2. The van der Waals surface area contributed by atoms with E-state index in [1.165, 1.54) is 6.07 Å². The predicted octanol–water partition coefficient (Wildman–Crippen LogP) is 3.02. The third-order valence-corrected chi connectivity index (χ3v) is 3.05. The van der Waals surface area contributed by atoms with Gasteiger partial charge in [-0.1, -0.05) is 30.3 Å². The molecule has 0 bridgehead atoms. The van der Waals surface area contributed by atoms with Crippen molar-refractivity contribution in [3.8, 4) is 5.69 Å². The molecule has 0 aliphatic rings. The molecule has 3 rings (SSSR count). The van der Waals surface area contributed by atoms with E-state index in [9.17, 15) is 10.1 Å². The summed E-state index contributed by atoms with van der Waals surface area (Å²) in [6.45, 7) is 0. The molecule has 0 unspecified atom stereocenters. The number of pyridine rings is 1. The summed E-state index contributed by atoms with van der Waals surface area (Å²) in [4.78, 5) is 10.7. The topological polar surface area (TPSA) is 47.0 Å². The molecule has 1 aromatic heterocycles. The van der Waals surface area contributed by atoms with E-state index >= 15 is 0 Å². The lowest BCUT2D eigenvalue weighted by Crippen LogP contribution is -2.30. The number of hydrogen-bond acceptors (Lipinski definition) is 2. The highest BCUT2D eigenvalue weighted by molar-refractivity contribution is 5.80. The van der Waals surface area contributed by atoms with Crippen molar-refractivity contribution in [3.05, 3.63) is 77.1 Å². The molecule has 92 valence electrons. The summed E-state index contributed by atoms with van der Waals surface area (Å²) in [5.74, 6) is 0. The molecule has 2 aromatic carbocycles. The van der Waals surface area contributed by atoms with Crippen LogP contribution in [0.2, 0.25) is 0 Å². The van der Waals surface area contributed by atoms with Crippen LogP contribution in [-0.2, 0) is 0 Å². The highest BCUT2D eigenvalue weighted by atomic mass is 16.6.